The van der Waals surface area contributed by atoms with Crippen molar-refractivity contribution in [1.82, 2.24) is 19.9 Å². The van der Waals surface area contributed by atoms with Gasteiger partial charge < -0.3 is 32.4 Å². The molecule has 0 bridgehead atoms. The van der Waals surface area contributed by atoms with Gasteiger partial charge in [-0.1, -0.05) is 170 Å². The topological polar surface area (TPSA) is 114 Å². The van der Waals surface area contributed by atoms with E-state index in [-0.39, 0.29) is 0 Å². The largest absolute Gasteiger partial charge is 0.436 e. The summed E-state index contributed by atoms with van der Waals surface area (Å²) in [5, 5.41) is 0. The minimum Gasteiger partial charge on any atom is -0.436 e. The number of aromatic nitrogens is 4. The van der Waals surface area contributed by atoms with Crippen LogP contribution in [0.4, 0.5) is 39.8 Å². The lowest BCUT2D eigenvalue weighted by Crippen LogP contribution is -2.22. The average Bonchev–Trinajstić information content (AvgIpc) is 1.49. The second-order valence-electron chi connectivity index (χ2n) is 26.6. The Morgan fingerprint density at radius 1 is 0.245 bits per heavy atom. The maximum atomic E-state index is 6.35. The lowest BCUT2D eigenvalue weighted by molar-refractivity contribution is 0.619. The third-order valence-electron chi connectivity index (χ3n) is 19.5. The molecular formula is C95H73N7O4. The first kappa shape index (κ1) is 65.7. The number of anilines is 7. The van der Waals surface area contributed by atoms with Gasteiger partial charge in [-0.2, -0.15) is 0 Å². The van der Waals surface area contributed by atoms with E-state index < -0.39 is 0 Å². The number of rotatable bonds is 17. The predicted octanol–water partition coefficient (Wildman–Crippen LogP) is 26.0. The fourth-order valence-electron chi connectivity index (χ4n) is 14.1. The molecule has 512 valence electrons. The minimum atomic E-state index is 0.584. The van der Waals surface area contributed by atoms with Crippen molar-refractivity contribution in [2.24, 2.45) is 0 Å². The van der Waals surface area contributed by atoms with Gasteiger partial charge in [0.1, 0.15) is 22.1 Å². The summed E-state index contributed by atoms with van der Waals surface area (Å²) in [5.41, 5.74) is 30.2. The Kier molecular flexibility index (Phi) is 17.7. The van der Waals surface area contributed by atoms with Crippen molar-refractivity contribution in [3.05, 3.63) is 344 Å². The molecule has 11 heteroatoms. The van der Waals surface area contributed by atoms with E-state index in [9.17, 15) is 0 Å². The van der Waals surface area contributed by atoms with Gasteiger partial charge in [0.05, 0.1) is 0 Å². The van der Waals surface area contributed by atoms with Crippen LogP contribution in [0.5, 0.6) is 0 Å². The maximum Gasteiger partial charge on any atom is 0.227 e. The minimum absolute atomic E-state index is 0.584. The molecule has 0 radical (unpaired) electrons. The Morgan fingerprint density at radius 2 is 0.557 bits per heavy atom. The normalized spacial score (nSPS) is 11.3. The molecule has 0 aliphatic rings. The summed E-state index contributed by atoms with van der Waals surface area (Å²) in [6.07, 6.45) is 0. The Hall–Kier alpha value is -13.6. The zero-order chi connectivity index (χ0) is 71.6. The average molecular weight is 1380 g/mol. The molecule has 18 aromatic rings. The van der Waals surface area contributed by atoms with Gasteiger partial charge in [0.15, 0.2) is 22.3 Å². The third-order valence-corrected chi connectivity index (χ3v) is 19.5. The summed E-state index contributed by atoms with van der Waals surface area (Å²) in [6, 6.07) is 113. The molecule has 0 unspecified atom stereocenters. The number of fused-ring (bicyclic) bond motifs is 4. The molecule has 14 aromatic carbocycles. The first-order valence-electron chi connectivity index (χ1n) is 35.9. The summed E-state index contributed by atoms with van der Waals surface area (Å²) in [6.45, 7) is 12.5. The molecule has 18 rings (SSSR count). The van der Waals surface area contributed by atoms with E-state index in [0.717, 1.165) is 153 Å². The highest BCUT2D eigenvalue weighted by atomic mass is 16.4. The number of aryl methyl sites for hydroxylation is 3. The smallest absolute Gasteiger partial charge is 0.227 e. The van der Waals surface area contributed by atoms with Crippen molar-refractivity contribution < 1.29 is 17.7 Å². The highest BCUT2D eigenvalue weighted by Crippen LogP contribution is 2.42. The quantitative estimate of drug-likeness (QED) is 0.0868. The lowest BCUT2D eigenvalue weighted by Gasteiger charge is -2.25. The molecule has 0 saturated heterocycles. The highest BCUT2D eigenvalue weighted by Gasteiger charge is 2.22. The van der Waals surface area contributed by atoms with Crippen LogP contribution >= 0.6 is 0 Å². The molecule has 4 heterocycles. The van der Waals surface area contributed by atoms with Crippen LogP contribution in [0, 0.1) is 20.8 Å². The molecule has 0 fully saturated rings. The number of nitrogens with zero attached hydrogens (tertiary/aromatic N) is 7. The van der Waals surface area contributed by atoms with E-state index in [1.807, 2.05) is 36.4 Å². The van der Waals surface area contributed by atoms with Gasteiger partial charge in [-0.15, -0.1) is 0 Å². The van der Waals surface area contributed by atoms with E-state index in [0.29, 0.717) is 23.6 Å². The fourth-order valence-corrected chi connectivity index (χ4v) is 14.1. The van der Waals surface area contributed by atoms with Gasteiger partial charge in [0.2, 0.25) is 23.6 Å². The van der Waals surface area contributed by atoms with E-state index in [2.05, 4.69) is 341 Å². The predicted molar refractivity (Wildman–Crippen MR) is 434 cm³/mol. The molecule has 0 atom stereocenters. The van der Waals surface area contributed by atoms with Crippen molar-refractivity contribution in [3.63, 3.8) is 0 Å². The van der Waals surface area contributed by atoms with E-state index in [4.69, 9.17) is 37.6 Å². The molecule has 0 amide bonds. The van der Waals surface area contributed by atoms with Crippen LogP contribution in [0.3, 0.4) is 0 Å². The SMILES string of the molecule is CCN(CC)c1cc2nc(-c3ccc(-c4ccc(-c5nc6cc(C)c(-c7ccccc7)cc6o5)cc4)cc3)oc2cc1-c1ccccc1.Cc1cccc(N(c2ccccc2)c2ccc3oc(-c4ccc(-c5ccc(-c6nc7cc(N(c8ccccc8)c8cccc(C)c8)ccc7o6)cc5)cc4)nc3c2)c1. The summed E-state index contributed by atoms with van der Waals surface area (Å²) >= 11 is 0. The molecular weight excluding hydrogens is 1300 g/mol. The number of oxazole rings is 4. The van der Waals surface area contributed by atoms with Crippen LogP contribution in [0.15, 0.2) is 345 Å². The summed E-state index contributed by atoms with van der Waals surface area (Å²) in [7, 11) is 0. The van der Waals surface area contributed by atoms with Crippen LogP contribution in [0.25, 0.3) is 135 Å². The molecule has 4 aromatic heterocycles. The van der Waals surface area contributed by atoms with Crippen LogP contribution < -0.4 is 14.7 Å². The van der Waals surface area contributed by atoms with Crippen molar-refractivity contribution in [3.8, 4) is 90.3 Å². The molecule has 0 saturated carbocycles. The molecule has 0 spiro atoms. The van der Waals surface area contributed by atoms with Gasteiger partial charge in [-0.05, 0) is 248 Å². The number of hydrogen-bond donors (Lipinski definition) is 0. The van der Waals surface area contributed by atoms with Gasteiger partial charge in [0.25, 0.3) is 0 Å². The number of hydrogen-bond acceptors (Lipinski definition) is 11. The second kappa shape index (κ2) is 28.6. The van der Waals surface area contributed by atoms with Gasteiger partial charge in [-0.3, -0.25) is 0 Å². The maximum absolute atomic E-state index is 6.35. The van der Waals surface area contributed by atoms with Crippen LogP contribution in [0.1, 0.15) is 30.5 Å². The zero-order valence-corrected chi connectivity index (χ0v) is 59.4. The monoisotopic (exact) mass is 1380 g/mol. The Morgan fingerprint density at radius 3 is 0.934 bits per heavy atom. The molecule has 0 N–H and O–H groups in total. The molecule has 11 nitrogen and oxygen atoms in total. The first-order valence-corrected chi connectivity index (χ1v) is 35.9. The highest BCUT2D eigenvalue weighted by molar-refractivity contribution is 5.93. The third kappa shape index (κ3) is 13.4. The van der Waals surface area contributed by atoms with E-state index in [1.165, 1.54) is 27.9 Å². The van der Waals surface area contributed by atoms with Crippen molar-refractivity contribution in [2.75, 3.05) is 27.8 Å². The van der Waals surface area contributed by atoms with Gasteiger partial charge >= 0.3 is 0 Å². The van der Waals surface area contributed by atoms with Crippen molar-refractivity contribution in [2.45, 2.75) is 34.6 Å². The number of benzene rings is 14. The second-order valence-corrected chi connectivity index (χ2v) is 26.6. The Labute approximate surface area is 615 Å². The van der Waals surface area contributed by atoms with Gasteiger partial charge in [0, 0.05) is 80.7 Å². The Balaban J connectivity index is 0.000000159. The fraction of sp³-hybridized carbons (Fsp3) is 0.0737. The summed E-state index contributed by atoms with van der Waals surface area (Å²) in [5.74, 6) is 2.40. The molecule has 0 aliphatic carbocycles. The van der Waals surface area contributed by atoms with Crippen LogP contribution in [0.2, 0.25) is 0 Å². The van der Waals surface area contributed by atoms with E-state index in [1.54, 1.807) is 0 Å². The summed E-state index contributed by atoms with van der Waals surface area (Å²) in [4.78, 5) is 26.4. The standard InChI is InChI=1S/C52H38N4O2.C43H35N3O2/c1-35-11-9-17-43(31-35)55(41-13-5-3-6-14-41)45-27-29-49-47(33-45)53-51(57-49)39-23-19-37(20-24-39)38-21-25-40(26-22-38)52-54-48-34-46(28-30-50(48)58-52)56(42-15-7-4-8-16-42)44-18-10-12-36(2)32-44;1-4-46(5-2)39-27-38-41(26-36(39)32-14-10-7-11-15-32)48-43(45-38)34-22-18-30(19-23-34)29-16-20-33(21-17-29)42-44-37-24-28(3)35(25-40(37)47-42)31-12-8-6-9-13-31/h3-34H,1-2H3;6-27H,4-5H2,1-3H3. The number of para-hydroxylation sites is 2. The Bertz CT molecular complexity index is 5920. The van der Waals surface area contributed by atoms with Crippen LogP contribution in [-0.2, 0) is 0 Å². The lowest BCUT2D eigenvalue weighted by atomic mass is 10.0. The molecule has 106 heavy (non-hydrogen) atoms. The zero-order valence-electron chi connectivity index (χ0n) is 59.4. The molecule has 0 aliphatic heterocycles. The van der Waals surface area contributed by atoms with Crippen molar-refractivity contribution in [1.29, 1.82) is 0 Å². The van der Waals surface area contributed by atoms with E-state index >= 15 is 0 Å². The van der Waals surface area contributed by atoms with Crippen molar-refractivity contribution >= 4 is 84.2 Å². The summed E-state index contributed by atoms with van der Waals surface area (Å²) < 4.78 is 25.1. The van der Waals surface area contributed by atoms with Gasteiger partial charge in [-0.25, -0.2) is 19.9 Å². The van der Waals surface area contributed by atoms with Crippen LogP contribution in [-0.4, -0.2) is 33.0 Å². The first-order chi connectivity index (χ1) is 52.1.